The van der Waals surface area contributed by atoms with Gasteiger partial charge in [-0.1, -0.05) is 6.92 Å². The number of ether oxygens (including phenoxy) is 4. The molecule has 0 saturated heterocycles. The number of benzene rings is 1. The Labute approximate surface area is 216 Å². The molecule has 0 radical (unpaired) electrons. The molecule has 1 aromatic rings. The summed E-state index contributed by atoms with van der Waals surface area (Å²) < 4.78 is 21.1. The highest BCUT2D eigenvalue weighted by molar-refractivity contribution is 5.69. The first-order valence-corrected chi connectivity index (χ1v) is 12.0. The van der Waals surface area contributed by atoms with Gasteiger partial charge in [0.2, 0.25) is 0 Å². The van der Waals surface area contributed by atoms with Crippen molar-refractivity contribution in [2.24, 2.45) is 17.8 Å². The number of nitro groups is 1. The van der Waals surface area contributed by atoms with Gasteiger partial charge in [0.25, 0.3) is 5.69 Å². The van der Waals surface area contributed by atoms with E-state index in [1.165, 1.54) is 50.2 Å². The zero-order valence-electron chi connectivity index (χ0n) is 21.9. The van der Waals surface area contributed by atoms with Crippen LogP contribution in [0, 0.1) is 27.9 Å². The number of carbonyl (C=O) groups is 2. The summed E-state index contributed by atoms with van der Waals surface area (Å²) in [6.07, 6.45) is -0.573. The average Bonchev–Trinajstić information content (AvgIpc) is 2.89. The third kappa shape index (κ3) is 7.83. The third-order valence-electron chi connectivity index (χ3n) is 6.57. The molecule has 37 heavy (non-hydrogen) atoms. The highest BCUT2D eigenvalue weighted by Gasteiger charge is 2.39. The van der Waals surface area contributed by atoms with Gasteiger partial charge in [0.05, 0.1) is 30.8 Å². The van der Waals surface area contributed by atoms with Crippen molar-refractivity contribution in [1.29, 1.82) is 0 Å². The zero-order chi connectivity index (χ0) is 27.7. The van der Waals surface area contributed by atoms with Crippen molar-refractivity contribution in [2.75, 3.05) is 54.6 Å². The predicted octanol–water partition coefficient (Wildman–Crippen LogP) is 2.26. The lowest BCUT2D eigenvalue weighted by atomic mass is 9.74. The van der Waals surface area contributed by atoms with Crippen LogP contribution in [0.4, 0.5) is 15.3 Å². The van der Waals surface area contributed by atoms with Gasteiger partial charge in [0, 0.05) is 52.2 Å². The molecular weight excluding hydrogens is 490 g/mol. The molecule has 2 unspecified atom stereocenters. The fourth-order valence-electron chi connectivity index (χ4n) is 4.47. The van der Waals surface area contributed by atoms with Crippen molar-refractivity contribution in [2.45, 2.75) is 32.5 Å². The molecule has 208 valence electrons. The Morgan fingerprint density at radius 3 is 2.00 bits per heavy atom. The summed E-state index contributed by atoms with van der Waals surface area (Å²) in [5.41, 5.74) is -0.154. The fourth-order valence-corrected chi connectivity index (χ4v) is 4.47. The molecule has 13 heteroatoms. The molecule has 2 amide bonds. The van der Waals surface area contributed by atoms with Crippen LogP contribution in [0.1, 0.15) is 25.3 Å². The quantitative estimate of drug-likeness (QED) is 0.322. The minimum atomic E-state index is -0.743. The molecule has 0 aromatic heterocycles. The molecule has 1 fully saturated rings. The van der Waals surface area contributed by atoms with E-state index >= 15 is 0 Å². The van der Waals surface area contributed by atoms with Gasteiger partial charge < -0.3 is 39.0 Å². The van der Waals surface area contributed by atoms with Crippen molar-refractivity contribution >= 4 is 17.9 Å². The maximum atomic E-state index is 12.6. The van der Waals surface area contributed by atoms with Crippen LogP contribution >= 0.6 is 0 Å². The van der Waals surface area contributed by atoms with E-state index in [9.17, 15) is 29.9 Å². The lowest BCUT2D eigenvalue weighted by molar-refractivity contribution is -0.385. The van der Waals surface area contributed by atoms with E-state index in [1.807, 2.05) is 6.92 Å². The molecule has 1 saturated carbocycles. The number of likely N-dealkylation sites (N-methyl/N-ethyl adjacent to an activating group) is 2. The summed E-state index contributed by atoms with van der Waals surface area (Å²) in [6.45, 7) is 1.60. The second-order valence-electron chi connectivity index (χ2n) is 9.30. The highest BCUT2D eigenvalue weighted by Crippen LogP contribution is 2.36. The van der Waals surface area contributed by atoms with Gasteiger partial charge in [-0.2, -0.15) is 0 Å². The summed E-state index contributed by atoms with van der Waals surface area (Å²) in [6, 6.07) is 2.57. The Hall–Kier alpha value is -3.32. The standard InChI is InChI=1S/C24H37N3O10/c1-15-8-16(12-28)22(17(9-15)13-29)37-24(31)26(3)7-6-25(2)23(30)36-14-18-10-20(34-4)21(35-5)11-19(18)27(32)33/h10-11,15-17,22,28-29H,6-9,12-14H2,1-5H3. The predicted molar refractivity (Wildman–Crippen MR) is 131 cm³/mol. The second kappa shape index (κ2) is 13.8. The molecule has 0 bridgehead atoms. The van der Waals surface area contributed by atoms with Crippen molar-refractivity contribution in [1.82, 2.24) is 9.80 Å². The van der Waals surface area contributed by atoms with Crippen LogP contribution in [-0.4, -0.2) is 97.8 Å². The Morgan fingerprint density at radius 2 is 1.51 bits per heavy atom. The van der Waals surface area contributed by atoms with Crippen LogP contribution in [0.2, 0.25) is 0 Å². The number of carbonyl (C=O) groups excluding carboxylic acids is 2. The summed E-state index contributed by atoms with van der Waals surface area (Å²) >= 11 is 0. The SMILES string of the molecule is COc1cc(COC(=O)N(C)CCN(C)C(=O)OC2C(CO)CC(C)CC2CO)c([N+](=O)[O-])cc1OC. The number of aliphatic hydroxyl groups is 2. The van der Waals surface area contributed by atoms with Gasteiger partial charge in [-0.15, -0.1) is 0 Å². The van der Waals surface area contributed by atoms with Gasteiger partial charge in [-0.05, 0) is 24.8 Å². The number of nitro benzene ring substituents is 1. The maximum Gasteiger partial charge on any atom is 0.409 e. The van der Waals surface area contributed by atoms with E-state index in [1.54, 1.807) is 0 Å². The number of rotatable bonds is 11. The zero-order valence-corrected chi connectivity index (χ0v) is 21.9. The third-order valence-corrected chi connectivity index (χ3v) is 6.57. The van der Waals surface area contributed by atoms with Crippen LogP contribution in [0.5, 0.6) is 11.5 Å². The monoisotopic (exact) mass is 527 g/mol. The van der Waals surface area contributed by atoms with Crippen LogP contribution in [0.25, 0.3) is 0 Å². The Kier molecular flexibility index (Phi) is 11.2. The lowest BCUT2D eigenvalue weighted by Gasteiger charge is -2.39. The smallest absolute Gasteiger partial charge is 0.409 e. The first-order valence-electron chi connectivity index (χ1n) is 12.0. The van der Waals surface area contributed by atoms with E-state index in [2.05, 4.69) is 0 Å². The van der Waals surface area contributed by atoms with E-state index < -0.39 is 23.2 Å². The Balaban J connectivity index is 1.92. The normalized spacial score (nSPS) is 21.1. The van der Waals surface area contributed by atoms with Gasteiger partial charge in [-0.25, -0.2) is 9.59 Å². The first-order chi connectivity index (χ1) is 17.6. The van der Waals surface area contributed by atoms with Crippen molar-refractivity contribution in [3.63, 3.8) is 0 Å². The Morgan fingerprint density at radius 1 is 1.00 bits per heavy atom. The number of hydrogen-bond donors (Lipinski definition) is 2. The maximum absolute atomic E-state index is 12.6. The van der Waals surface area contributed by atoms with Crippen LogP contribution < -0.4 is 9.47 Å². The van der Waals surface area contributed by atoms with Crippen LogP contribution in [0.15, 0.2) is 12.1 Å². The lowest BCUT2D eigenvalue weighted by Crippen LogP contribution is -2.46. The van der Waals surface area contributed by atoms with E-state index in [0.717, 1.165) is 0 Å². The average molecular weight is 528 g/mol. The van der Waals surface area contributed by atoms with Crippen molar-refractivity contribution in [3.05, 3.63) is 27.8 Å². The summed E-state index contributed by atoms with van der Waals surface area (Å²) in [7, 11) is 5.73. The number of aliphatic hydroxyl groups excluding tert-OH is 2. The van der Waals surface area contributed by atoms with Crippen molar-refractivity contribution in [3.8, 4) is 11.5 Å². The molecule has 1 aliphatic rings. The molecule has 0 spiro atoms. The van der Waals surface area contributed by atoms with E-state index in [0.29, 0.717) is 18.8 Å². The summed E-state index contributed by atoms with van der Waals surface area (Å²) in [4.78, 5) is 38.4. The molecular formula is C24H37N3O10. The first kappa shape index (κ1) is 29.9. The van der Waals surface area contributed by atoms with Gasteiger partial charge in [0.15, 0.2) is 11.5 Å². The van der Waals surface area contributed by atoms with E-state index in [4.69, 9.17) is 18.9 Å². The van der Waals surface area contributed by atoms with Gasteiger partial charge in [-0.3, -0.25) is 10.1 Å². The molecule has 13 nitrogen and oxygen atoms in total. The molecule has 1 aromatic carbocycles. The molecule has 2 atom stereocenters. The molecule has 1 aliphatic carbocycles. The number of hydrogen-bond acceptors (Lipinski definition) is 10. The summed E-state index contributed by atoms with van der Waals surface area (Å²) in [5.74, 6) is 0.233. The molecule has 2 rings (SSSR count). The largest absolute Gasteiger partial charge is 0.493 e. The van der Waals surface area contributed by atoms with Gasteiger partial charge in [0.1, 0.15) is 12.7 Å². The minimum Gasteiger partial charge on any atom is -0.493 e. The van der Waals surface area contributed by atoms with E-state index in [-0.39, 0.29) is 67.5 Å². The number of nitrogens with zero attached hydrogens (tertiary/aromatic N) is 3. The van der Waals surface area contributed by atoms with Crippen LogP contribution in [-0.2, 0) is 16.1 Å². The van der Waals surface area contributed by atoms with Crippen molar-refractivity contribution < 1.29 is 43.7 Å². The second-order valence-corrected chi connectivity index (χ2v) is 9.30. The minimum absolute atomic E-state index is 0.104. The topological polar surface area (TPSA) is 161 Å². The number of amides is 2. The number of methoxy groups -OCH3 is 2. The molecule has 0 aliphatic heterocycles. The Bertz CT molecular complexity index is 930. The fraction of sp³-hybridized carbons (Fsp3) is 0.667. The highest BCUT2D eigenvalue weighted by atomic mass is 16.6. The van der Waals surface area contributed by atoms with Crippen LogP contribution in [0.3, 0.4) is 0 Å². The summed E-state index contributed by atoms with van der Waals surface area (Å²) in [5, 5.41) is 30.9. The van der Waals surface area contributed by atoms with Gasteiger partial charge >= 0.3 is 12.2 Å². The molecule has 0 heterocycles. The molecule has 2 N–H and O–H groups in total.